The molecule has 0 aliphatic heterocycles. The molecule has 0 radical (unpaired) electrons. The molecule has 152 valence electrons. The molecule has 29 heavy (non-hydrogen) atoms. The number of amides is 1. The first-order chi connectivity index (χ1) is 13.8. The first-order valence-electron chi connectivity index (χ1n) is 8.52. The average Bonchev–Trinajstić information content (AvgIpc) is 2.72. The molecule has 0 spiro atoms. The fraction of sp³-hybridized carbons (Fsp3) is 0.211. The van der Waals surface area contributed by atoms with Crippen LogP contribution >= 0.6 is 0 Å². The second kappa shape index (κ2) is 9.68. The van der Waals surface area contributed by atoms with Gasteiger partial charge in [-0.1, -0.05) is 0 Å². The number of hydrazine groups is 1. The summed E-state index contributed by atoms with van der Waals surface area (Å²) in [6.45, 7) is 3.31. The minimum Gasteiger partial charge on any atom is -0.481 e. The van der Waals surface area contributed by atoms with Gasteiger partial charge in [0.25, 0.3) is 15.9 Å². The highest BCUT2D eigenvalue weighted by Crippen LogP contribution is 2.14. The van der Waals surface area contributed by atoms with E-state index >= 15 is 0 Å². The van der Waals surface area contributed by atoms with E-state index in [4.69, 9.17) is 14.7 Å². The molecule has 2 N–H and O–H groups in total. The lowest BCUT2D eigenvalue weighted by molar-refractivity contribution is -0.127. The quantitative estimate of drug-likeness (QED) is 0.491. The number of hydrogen-bond donors (Lipinski definition) is 2. The van der Waals surface area contributed by atoms with Crippen LogP contribution in [0.2, 0.25) is 0 Å². The minimum atomic E-state index is -4.05. The van der Waals surface area contributed by atoms with E-state index in [1.165, 1.54) is 55.5 Å². The predicted molar refractivity (Wildman–Crippen MR) is 102 cm³/mol. The lowest BCUT2D eigenvalue weighted by Gasteiger charge is -2.15. The fourth-order valence-electron chi connectivity index (χ4n) is 2.13. The van der Waals surface area contributed by atoms with Crippen molar-refractivity contribution in [1.82, 2.24) is 10.3 Å². The van der Waals surface area contributed by atoms with Crippen LogP contribution in [-0.4, -0.2) is 33.0 Å². The Balaban J connectivity index is 1.95. The fourth-order valence-corrected chi connectivity index (χ4v) is 2.98. The third kappa shape index (κ3) is 6.03. The lowest BCUT2D eigenvalue weighted by atomic mass is 10.2. The Morgan fingerprint density at radius 1 is 1.10 bits per heavy atom. The Kier molecular flexibility index (Phi) is 7.30. The molecule has 0 aliphatic carbocycles. The molecule has 1 amide bonds. The summed E-state index contributed by atoms with van der Waals surface area (Å²) in [6.07, 6.45) is -1.00. The zero-order valence-corrected chi connectivity index (χ0v) is 16.5. The van der Waals surface area contributed by atoms with Gasteiger partial charge in [-0.25, -0.2) is 13.2 Å². The van der Waals surface area contributed by atoms with E-state index in [2.05, 4.69) is 5.43 Å². The highest BCUT2D eigenvalue weighted by Gasteiger charge is 2.20. The van der Waals surface area contributed by atoms with E-state index in [1.807, 2.05) is 10.9 Å². The number of rotatable bonds is 8. The Bertz CT molecular complexity index is 1010. The SMILES string of the molecule is CCOC(=O)c1ccc(S(=O)(=O)NNC(=O)[C@@H](C)Oc2ccc(C#N)cc2)cc1. The number of ether oxygens (including phenoxy) is 2. The van der Waals surface area contributed by atoms with Crippen molar-refractivity contribution in [2.75, 3.05) is 6.61 Å². The molecule has 1 atom stereocenters. The molecule has 0 unspecified atom stereocenters. The topological polar surface area (TPSA) is 135 Å². The van der Waals surface area contributed by atoms with Gasteiger partial charge in [0.2, 0.25) is 0 Å². The van der Waals surface area contributed by atoms with Crippen LogP contribution in [0.5, 0.6) is 5.75 Å². The van der Waals surface area contributed by atoms with Crippen molar-refractivity contribution < 1.29 is 27.5 Å². The molecule has 0 aliphatic rings. The van der Waals surface area contributed by atoms with Gasteiger partial charge in [-0.3, -0.25) is 10.2 Å². The minimum absolute atomic E-state index is 0.147. The molecule has 0 saturated carbocycles. The first-order valence-corrected chi connectivity index (χ1v) is 10.0. The number of nitriles is 1. The number of benzene rings is 2. The molecule has 0 bridgehead atoms. The maximum absolute atomic E-state index is 12.3. The standard InChI is InChI=1S/C19H19N3O6S/c1-3-27-19(24)15-6-10-17(11-7-15)29(25,26)22-21-18(23)13(2)28-16-8-4-14(12-20)5-9-16/h4-11,13,22H,3H2,1-2H3,(H,21,23)/t13-/m1/s1. The van der Waals surface area contributed by atoms with Crippen molar-refractivity contribution in [2.45, 2.75) is 24.8 Å². The number of sulfonamides is 1. The molecule has 2 rings (SSSR count). The second-order valence-electron chi connectivity index (χ2n) is 5.74. The van der Waals surface area contributed by atoms with Crippen molar-refractivity contribution in [3.05, 3.63) is 59.7 Å². The summed E-state index contributed by atoms with van der Waals surface area (Å²) in [7, 11) is -4.05. The summed E-state index contributed by atoms with van der Waals surface area (Å²) in [4.78, 5) is 25.5. The highest BCUT2D eigenvalue weighted by molar-refractivity contribution is 7.89. The number of esters is 1. The molecule has 2 aromatic rings. The van der Waals surface area contributed by atoms with Crippen LogP contribution in [0, 0.1) is 11.3 Å². The summed E-state index contributed by atoms with van der Waals surface area (Å²) in [5.41, 5.74) is 2.72. The summed E-state index contributed by atoms with van der Waals surface area (Å²) in [5, 5.41) is 8.76. The van der Waals surface area contributed by atoms with E-state index in [-0.39, 0.29) is 17.1 Å². The Morgan fingerprint density at radius 3 is 2.28 bits per heavy atom. The van der Waals surface area contributed by atoms with Crippen LogP contribution < -0.4 is 15.0 Å². The summed E-state index contributed by atoms with van der Waals surface area (Å²) < 4.78 is 34.8. The van der Waals surface area contributed by atoms with Crippen LogP contribution in [0.25, 0.3) is 0 Å². The number of nitrogens with zero attached hydrogens (tertiary/aromatic N) is 1. The predicted octanol–water partition coefficient (Wildman–Crippen LogP) is 1.51. The van der Waals surface area contributed by atoms with Crippen LogP contribution in [-0.2, 0) is 19.6 Å². The average molecular weight is 417 g/mol. The van der Waals surface area contributed by atoms with Gasteiger partial charge in [-0.2, -0.15) is 5.26 Å². The van der Waals surface area contributed by atoms with E-state index in [9.17, 15) is 18.0 Å². The van der Waals surface area contributed by atoms with Crippen molar-refractivity contribution in [1.29, 1.82) is 5.26 Å². The molecule has 9 nitrogen and oxygen atoms in total. The zero-order valence-electron chi connectivity index (χ0n) is 15.7. The van der Waals surface area contributed by atoms with Crippen molar-refractivity contribution >= 4 is 21.9 Å². The summed E-state index contributed by atoms with van der Waals surface area (Å²) in [5.74, 6) is -0.934. The highest BCUT2D eigenvalue weighted by atomic mass is 32.2. The van der Waals surface area contributed by atoms with Gasteiger partial charge in [-0.05, 0) is 62.4 Å². The monoisotopic (exact) mass is 417 g/mol. The third-order valence-electron chi connectivity index (χ3n) is 3.65. The van der Waals surface area contributed by atoms with Gasteiger partial charge in [0, 0.05) is 0 Å². The summed E-state index contributed by atoms with van der Waals surface area (Å²) in [6, 6.07) is 13.1. The van der Waals surface area contributed by atoms with Gasteiger partial charge in [0.1, 0.15) is 5.75 Å². The largest absolute Gasteiger partial charge is 0.481 e. The molecule has 0 saturated heterocycles. The van der Waals surface area contributed by atoms with Gasteiger partial charge < -0.3 is 9.47 Å². The summed E-state index contributed by atoms with van der Waals surface area (Å²) >= 11 is 0. The van der Waals surface area contributed by atoms with Crippen LogP contribution in [0.4, 0.5) is 0 Å². The van der Waals surface area contributed by atoms with Gasteiger partial charge in [-0.15, -0.1) is 4.83 Å². The number of carbonyl (C=O) groups excluding carboxylic acids is 2. The molecular formula is C19H19N3O6S. The van der Waals surface area contributed by atoms with Crippen LogP contribution in [0.15, 0.2) is 53.4 Å². The molecule has 10 heteroatoms. The maximum atomic E-state index is 12.3. The van der Waals surface area contributed by atoms with E-state index < -0.39 is 28.0 Å². The van der Waals surface area contributed by atoms with Gasteiger partial charge in [0.15, 0.2) is 6.10 Å². The number of hydrogen-bond acceptors (Lipinski definition) is 7. The van der Waals surface area contributed by atoms with E-state index in [0.29, 0.717) is 11.3 Å². The molecule has 2 aromatic carbocycles. The first kappa shape index (κ1) is 21.9. The normalized spacial score (nSPS) is 11.8. The number of carbonyl (C=O) groups is 2. The van der Waals surface area contributed by atoms with E-state index in [1.54, 1.807) is 6.92 Å². The van der Waals surface area contributed by atoms with Crippen LogP contribution in [0.1, 0.15) is 29.8 Å². The van der Waals surface area contributed by atoms with Gasteiger partial charge in [0.05, 0.1) is 28.7 Å². The molecule has 0 heterocycles. The molecular weight excluding hydrogens is 398 g/mol. The second-order valence-corrected chi connectivity index (χ2v) is 7.42. The van der Waals surface area contributed by atoms with Crippen molar-refractivity contribution in [3.63, 3.8) is 0 Å². The molecule has 0 aromatic heterocycles. The maximum Gasteiger partial charge on any atom is 0.338 e. The Morgan fingerprint density at radius 2 is 1.72 bits per heavy atom. The van der Waals surface area contributed by atoms with Crippen molar-refractivity contribution in [3.8, 4) is 11.8 Å². The Hall–Kier alpha value is -3.42. The van der Waals surface area contributed by atoms with E-state index in [0.717, 1.165) is 0 Å². The van der Waals surface area contributed by atoms with Crippen LogP contribution in [0.3, 0.4) is 0 Å². The Labute approximate surface area is 168 Å². The lowest BCUT2D eigenvalue weighted by Crippen LogP contribution is -2.47. The smallest absolute Gasteiger partial charge is 0.338 e. The van der Waals surface area contributed by atoms with Crippen molar-refractivity contribution in [2.24, 2.45) is 0 Å². The number of nitrogens with one attached hydrogen (secondary N) is 2. The zero-order chi connectivity index (χ0) is 21.4. The molecule has 0 fully saturated rings. The third-order valence-corrected chi connectivity index (χ3v) is 4.91. The van der Waals surface area contributed by atoms with Gasteiger partial charge >= 0.3 is 5.97 Å².